The number of allylic oxidation sites excluding steroid dienone is 1. The van der Waals surface area contributed by atoms with Crippen LogP contribution in [-0.4, -0.2) is 6.18 Å². The zero-order valence-corrected chi connectivity index (χ0v) is 20.6. The molecular weight excluding hydrogens is 535 g/mol. The van der Waals surface area contributed by atoms with E-state index in [0.29, 0.717) is 29.5 Å². The summed E-state index contributed by atoms with van der Waals surface area (Å²) in [6.45, 7) is 2.20. The van der Waals surface area contributed by atoms with E-state index in [1.807, 2.05) is 12.1 Å². The van der Waals surface area contributed by atoms with Crippen molar-refractivity contribution < 1.29 is 44.3 Å². The first-order chi connectivity index (χ1) is 18.2. The Morgan fingerprint density at radius 3 is 1.77 bits per heavy atom. The fourth-order valence-electron chi connectivity index (χ4n) is 4.72. The summed E-state index contributed by atoms with van der Waals surface area (Å²) >= 11 is 0. The normalized spacial score (nSPS) is 18.5. The molecule has 1 aliphatic carbocycles. The molecule has 208 valence electrons. The van der Waals surface area contributed by atoms with Crippen molar-refractivity contribution in [2.45, 2.75) is 50.8 Å². The summed E-state index contributed by atoms with van der Waals surface area (Å²) in [4.78, 5) is 0. The molecule has 0 radical (unpaired) electrons. The van der Waals surface area contributed by atoms with Crippen LogP contribution in [0.25, 0.3) is 17.2 Å². The highest BCUT2D eigenvalue weighted by Gasteiger charge is 2.41. The molecule has 0 aromatic heterocycles. The molecule has 1 fully saturated rings. The van der Waals surface area contributed by atoms with Gasteiger partial charge in [-0.1, -0.05) is 44.0 Å². The maximum atomic E-state index is 14.8. The summed E-state index contributed by atoms with van der Waals surface area (Å²) in [7, 11) is 0. The molecule has 3 aromatic carbocycles. The zero-order chi connectivity index (χ0) is 28.5. The van der Waals surface area contributed by atoms with Gasteiger partial charge in [-0.15, -0.1) is 0 Å². The SMILES string of the molecule is CC1CCC(c2ccc(-c3cc(F)c(C(F)(F)Oc4cc(F)c(/C=C/C(F)(F)F)c(F)c4)c(F)c3)cc2)CC1. The van der Waals surface area contributed by atoms with Gasteiger partial charge < -0.3 is 4.74 Å². The van der Waals surface area contributed by atoms with Crippen LogP contribution in [0.2, 0.25) is 0 Å². The molecule has 0 aliphatic heterocycles. The molecular formula is C29H23F9O. The molecule has 0 saturated heterocycles. The fourth-order valence-corrected chi connectivity index (χ4v) is 4.72. The van der Waals surface area contributed by atoms with Crippen LogP contribution in [0.5, 0.6) is 5.75 Å². The third-order valence-electron chi connectivity index (χ3n) is 6.80. The molecule has 0 amide bonds. The maximum Gasteiger partial charge on any atom is 0.432 e. The van der Waals surface area contributed by atoms with Crippen molar-refractivity contribution in [3.63, 3.8) is 0 Å². The quantitative estimate of drug-likeness (QED) is 0.274. The van der Waals surface area contributed by atoms with Crippen LogP contribution in [0, 0.1) is 29.2 Å². The Morgan fingerprint density at radius 2 is 1.26 bits per heavy atom. The van der Waals surface area contributed by atoms with Crippen LogP contribution in [0.3, 0.4) is 0 Å². The third-order valence-corrected chi connectivity index (χ3v) is 6.80. The van der Waals surface area contributed by atoms with E-state index in [1.165, 1.54) is 0 Å². The van der Waals surface area contributed by atoms with Crippen LogP contribution >= 0.6 is 0 Å². The van der Waals surface area contributed by atoms with Gasteiger partial charge in [0.2, 0.25) is 0 Å². The summed E-state index contributed by atoms with van der Waals surface area (Å²) in [6.07, 6.45) is -5.66. The minimum Gasteiger partial charge on any atom is -0.429 e. The molecule has 1 nitrogen and oxygen atoms in total. The fraction of sp³-hybridized carbons (Fsp3) is 0.310. The molecule has 0 N–H and O–H groups in total. The van der Waals surface area contributed by atoms with Gasteiger partial charge in [-0.3, -0.25) is 0 Å². The van der Waals surface area contributed by atoms with Gasteiger partial charge in [-0.05, 0) is 59.6 Å². The number of rotatable bonds is 6. The maximum absolute atomic E-state index is 14.8. The van der Waals surface area contributed by atoms with Gasteiger partial charge in [-0.2, -0.15) is 22.0 Å². The molecule has 0 atom stereocenters. The Hall–Kier alpha value is -3.43. The van der Waals surface area contributed by atoms with Crippen LogP contribution in [-0.2, 0) is 6.11 Å². The third kappa shape index (κ3) is 6.78. The second-order valence-corrected chi connectivity index (χ2v) is 9.69. The van der Waals surface area contributed by atoms with E-state index in [1.54, 1.807) is 12.1 Å². The van der Waals surface area contributed by atoms with Gasteiger partial charge >= 0.3 is 12.3 Å². The second-order valence-electron chi connectivity index (χ2n) is 9.69. The molecule has 4 rings (SSSR count). The summed E-state index contributed by atoms with van der Waals surface area (Å²) < 4.78 is 128. The molecule has 10 heteroatoms. The summed E-state index contributed by atoms with van der Waals surface area (Å²) in [5, 5.41) is 0. The van der Waals surface area contributed by atoms with Crippen molar-refractivity contribution in [3.05, 3.63) is 94.6 Å². The number of ether oxygens (including phenoxy) is 1. The van der Waals surface area contributed by atoms with E-state index in [0.717, 1.165) is 31.2 Å². The lowest BCUT2D eigenvalue weighted by molar-refractivity contribution is -0.189. The molecule has 0 spiro atoms. The van der Waals surface area contributed by atoms with Crippen molar-refractivity contribution in [2.75, 3.05) is 0 Å². The largest absolute Gasteiger partial charge is 0.432 e. The lowest BCUT2D eigenvalue weighted by Crippen LogP contribution is -2.25. The highest BCUT2D eigenvalue weighted by atomic mass is 19.4. The molecule has 0 unspecified atom stereocenters. The van der Waals surface area contributed by atoms with Crippen molar-refractivity contribution in [1.82, 2.24) is 0 Å². The molecule has 0 bridgehead atoms. The van der Waals surface area contributed by atoms with Crippen LogP contribution in [0.4, 0.5) is 39.5 Å². The smallest absolute Gasteiger partial charge is 0.429 e. The first-order valence-corrected chi connectivity index (χ1v) is 12.1. The molecule has 1 aliphatic rings. The second kappa shape index (κ2) is 11.0. The van der Waals surface area contributed by atoms with Crippen LogP contribution in [0.15, 0.2) is 54.6 Å². The van der Waals surface area contributed by atoms with Crippen molar-refractivity contribution in [1.29, 1.82) is 0 Å². The van der Waals surface area contributed by atoms with Crippen molar-refractivity contribution in [2.24, 2.45) is 5.92 Å². The Balaban J connectivity index is 1.56. The van der Waals surface area contributed by atoms with Gasteiger partial charge in [-0.25, -0.2) is 17.6 Å². The standard InChI is InChI=1S/C29H23F9O/c1-16-2-4-17(5-3-16)18-6-8-19(9-7-18)20-12-25(32)27(26(33)13-20)29(37,38)39-21-14-23(30)22(24(31)15-21)10-11-28(34,35)36/h6-17H,2-5H2,1H3/b11-10+. The van der Waals surface area contributed by atoms with E-state index >= 15 is 0 Å². The Labute approximate surface area is 218 Å². The van der Waals surface area contributed by atoms with Gasteiger partial charge in [0.15, 0.2) is 0 Å². The first-order valence-electron chi connectivity index (χ1n) is 12.1. The van der Waals surface area contributed by atoms with Gasteiger partial charge in [0.1, 0.15) is 34.6 Å². The van der Waals surface area contributed by atoms with Crippen molar-refractivity contribution >= 4 is 6.08 Å². The van der Waals surface area contributed by atoms with E-state index in [4.69, 9.17) is 0 Å². The van der Waals surface area contributed by atoms with Crippen LogP contribution in [0.1, 0.15) is 55.2 Å². The summed E-state index contributed by atoms with van der Waals surface area (Å²) in [6, 6.07) is 8.74. The van der Waals surface area contributed by atoms with Gasteiger partial charge in [0, 0.05) is 23.8 Å². The minimum absolute atomic E-state index is 0.00809. The zero-order valence-electron chi connectivity index (χ0n) is 20.6. The Kier molecular flexibility index (Phi) is 8.04. The lowest BCUT2D eigenvalue weighted by Gasteiger charge is -2.26. The van der Waals surface area contributed by atoms with E-state index in [2.05, 4.69) is 11.7 Å². The monoisotopic (exact) mass is 558 g/mol. The molecule has 3 aromatic rings. The minimum atomic E-state index is -4.88. The van der Waals surface area contributed by atoms with Crippen LogP contribution < -0.4 is 4.74 Å². The topological polar surface area (TPSA) is 9.23 Å². The van der Waals surface area contributed by atoms with Crippen molar-refractivity contribution in [3.8, 4) is 16.9 Å². The lowest BCUT2D eigenvalue weighted by atomic mass is 9.79. The van der Waals surface area contributed by atoms with Gasteiger partial charge in [0.05, 0.1) is 0 Å². The van der Waals surface area contributed by atoms with E-state index in [-0.39, 0.29) is 23.8 Å². The number of alkyl halides is 5. The predicted octanol–water partition coefficient (Wildman–Crippen LogP) is 9.91. The van der Waals surface area contributed by atoms with E-state index in [9.17, 15) is 39.5 Å². The number of halogens is 9. The highest BCUT2D eigenvalue weighted by Crippen LogP contribution is 2.39. The number of hydrogen-bond acceptors (Lipinski definition) is 1. The average Bonchev–Trinajstić information content (AvgIpc) is 2.82. The summed E-state index contributed by atoms with van der Waals surface area (Å²) in [5.74, 6) is -6.75. The van der Waals surface area contributed by atoms with Gasteiger partial charge in [0.25, 0.3) is 0 Å². The molecule has 1 saturated carbocycles. The average molecular weight is 558 g/mol. The Morgan fingerprint density at radius 1 is 0.718 bits per heavy atom. The Bertz CT molecular complexity index is 1310. The van der Waals surface area contributed by atoms with E-state index < -0.39 is 58.5 Å². The number of benzene rings is 3. The summed E-state index contributed by atoms with van der Waals surface area (Å²) in [5.41, 5.74) is -1.48. The highest BCUT2D eigenvalue weighted by molar-refractivity contribution is 5.65. The molecule has 0 heterocycles. The molecule has 39 heavy (non-hydrogen) atoms. The first kappa shape index (κ1) is 28.6. The predicted molar refractivity (Wildman–Crippen MR) is 128 cm³/mol. The number of hydrogen-bond donors (Lipinski definition) is 0.